The van der Waals surface area contributed by atoms with E-state index in [2.05, 4.69) is 5.32 Å². The van der Waals surface area contributed by atoms with Gasteiger partial charge in [0.1, 0.15) is 0 Å². The van der Waals surface area contributed by atoms with Crippen LogP contribution in [0.3, 0.4) is 0 Å². The minimum Gasteiger partial charge on any atom is -0.463 e. The zero-order chi connectivity index (χ0) is 14.3. The number of ether oxygens (including phenoxy) is 2. The first-order valence-electron chi connectivity index (χ1n) is 6.84. The highest BCUT2D eigenvalue weighted by molar-refractivity contribution is 5.87. The summed E-state index contributed by atoms with van der Waals surface area (Å²) in [5.74, 6) is -0.390. The van der Waals surface area contributed by atoms with Crippen molar-refractivity contribution < 1.29 is 19.1 Å². The molecule has 0 spiro atoms. The fourth-order valence-electron chi connectivity index (χ4n) is 1.97. The van der Waals surface area contributed by atoms with E-state index in [4.69, 9.17) is 9.47 Å². The Morgan fingerprint density at radius 3 is 2.80 bits per heavy atom. The van der Waals surface area contributed by atoms with E-state index in [0.717, 1.165) is 0 Å². The van der Waals surface area contributed by atoms with E-state index in [1.807, 2.05) is 6.92 Å². The summed E-state index contributed by atoms with van der Waals surface area (Å²) in [6.07, 6.45) is -0.0671. The monoisotopic (exact) mass is 308 g/mol. The van der Waals surface area contributed by atoms with Crippen LogP contribution >= 0.6 is 12.4 Å². The highest BCUT2D eigenvalue weighted by Gasteiger charge is 2.30. The van der Waals surface area contributed by atoms with Crippen LogP contribution < -0.4 is 5.32 Å². The lowest BCUT2D eigenvalue weighted by Crippen LogP contribution is -2.56. The Kier molecular flexibility index (Phi) is 9.54. The lowest BCUT2D eigenvalue weighted by molar-refractivity contribution is -0.151. The highest BCUT2D eigenvalue weighted by atomic mass is 35.5. The third-order valence-corrected chi connectivity index (χ3v) is 2.83. The van der Waals surface area contributed by atoms with E-state index in [0.29, 0.717) is 32.8 Å². The van der Waals surface area contributed by atoms with Gasteiger partial charge in [-0.2, -0.15) is 0 Å². The molecule has 1 N–H and O–H groups in total. The Morgan fingerprint density at radius 2 is 2.20 bits per heavy atom. The second-order valence-corrected chi connectivity index (χ2v) is 4.77. The summed E-state index contributed by atoms with van der Waals surface area (Å²) in [5, 5.41) is 3.06. The average Bonchev–Trinajstić information content (AvgIpc) is 2.33. The van der Waals surface area contributed by atoms with Crippen molar-refractivity contribution in [2.45, 2.75) is 39.3 Å². The summed E-state index contributed by atoms with van der Waals surface area (Å²) in [6.45, 7) is 8.61. The van der Waals surface area contributed by atoms with E-state index in [1.54, 1.807) is 18.7 Å². The zero-order valence-electron chi connectivity index (χ0n) is 12.4. The molecule has 1 amide bonds. The van der Waals surface area contributed by atoms with E-state index in [-0.39, 0.29) is 36.8 Å². The molecule has 1 fully saturated rings. The van der Waals surface area contributed by atoms with Gasteiger partial charge in [-0.3, -0.25) is 9.59 Å². The molecular formula is C13H25ClN2O4. The van der Waals surface area contributed by atoms with Gasteiger partial charge in [-0.1, -0.05) is 0 Å². The Bertz CT molecular complexity index is 313. The van der Waals surface area contributed by atoms with Gasteiger partial charge < -0.3 is 19.7 Å². The SMILES string of the molecule is CCOCCN1CCNC(CC(=O)OC(C)C)C1=O.Cl. The molecule has 7 heteroatoms. The van der Waals surface area contributed by atoms with Gasteiger partial charge in [-0.15, -0.1) is 12.4 Å². The maximum Gasteiger partial charge on any atom is 0.308 e. The van der Waals surface area contributed by atoms with Gasteiger partial charge in [-0.05, 0) is 20.8 Å². The summed E-state index contributed by atoms with van der Waals surface area (Å²) in [6, 6.07) is -0.471. The van der Waals surface area contributed by atoms with Crippen LogP contribution in [-0.2, 0) is 19.1 Å². The molecule has 1 aliphatic rings. The van der Waals surface area contributed by atoms with Crippen molar-refractivity contribution in [1.29, 1.82) is 0 Å². The first-order chi connectivity index (χ1) is 9.04. The van der Waals surface area contributed by atoms with Gasteiger partial charge in [0.2, 0.25) is 5.91 Å². The fourth-order valence-corrected chi connectivity index (χ4v) is 1.97. The first-order valence-corrected chi connectivity index (χ1v) is 6.84. The van der Waals surface area contributed by atoms with Crippen LogP contribution in [0, 0.1) is 0 Å². The van der Waals surface area contributed by atoms with E-state index in [1.165, 1.54) is 0 Å². The van der Waals surface area contributed by atoms with E-state index in [9.17, 15) is 9.59 Å². The average molecular weight is 309 g/mol. The number of amides is 1. The van der Waals surface area contributed by atoms with Crippen molar-refractivity contribution in [1.82, 2.24) is 10.2 Å². The summed E-state index contributed by atoms with van der Waals surface area (Å²) < 4.78 is 10.3. The van der Waals surface area contributed by atoms with Crippen LogP contribution in [0.25, 0.3) is 0 Å². The van der Waals surface area contributed by atoms with E-state index >= 15 is 0 Å². The topological polar surface area (TPSA) is 67.9 Å². The minimum atomic E-state index is -0.471. The molecular weight excluding hydrogens is 284 g/mol. The van der Waals surface area contributed by atoms with Crippen LogP contribution in [0.15, 0.2) is 0 Å². The molecule has 1 heterocycles. The molecule has 0 radical (unpaired) electrons. The number of esters is 1. The normalized spacial score (nSPS) is 18.9. The zero-order valence-corrected chi connectivity index (χ0v) is 13.2. The molecule has 1 unspecified atom stereocenters. The van der Waals surface area contributed by atoms with Gasteiger partial charge in [0.15, 0.2) is 0 Å². The van der Waals surface area contributed by atoms with Gasteiger partial charge in [0.25, 0.3) is 0 Å². The highest BCUT2D eigenvalue weighted by Crippen LogP contribution is 2.07. The molecule has 1 rings (SSSR count). The van der Waals surface area contributed by atoms with Crippen molar-refractivity contribution in [2.75, 3.05) is 32.8 Å². The smallest absolute Gasteiger partial charge is 0.308 e. The van der Waals surface area contributed by atoms with Crippen LogP contribution in [0.2, 0.25) is 0 Å². The predicted molar refractivity (Wildman–Crippen MR) is 78.0 cm³/mol. The predicted octanol–water partition coefficient (Wildman–Crippen LogP) is 0.587. The van der Waals surface area contributed by atoms with Crippen molar-refractivity contribution in [3.63, 3.8) is 0 Å². The molecule has 0 aliphatic carbocycles. The summed E-state index contributed by atoms with van der Waals surface area (Å²) in [7, 11) is 0. The maximum atomic E-state index is 12.1. The number of halogens is 1. The van der Waals surface area contributed by atoms with Crippen molar-refractivity contribution >= 4 is 24.3 Å². The number of carbonyl (C=O) groups excluding carboxylic acids is 2. The molecule has 20 heavy (non-hydrogen) atoms. The molecule has 6 nitrogen and oxygen atoms in total. The number of hydrogen-bond donors (Lipinski definition) is 1. The van der Waals surface area contributed by atoms with Crippen molar-refractivity contribution in [3.05, 3.63) is 0 Å². The molecule has 0 saturated carbocycles. The van der Waals surface area contributed by atoms with Crippen LogP contribution in [0.4, 0.5) is 0 Å². The minimum absolute atomic E-state index is 0. The Balaban J connectivity index is 0.00000361. The number of nitrogens with one attached hydrogen (secondary N) is 1. The third kappa shape index (κ3) is 6.54. The van der Waals surface area contributed by atoms with Crippen molar-refractivity contribution in [3.8, 4) is 0 Å². The number of rotatable bonds is 7. The number of piperazine rings is 1. The molecule has 0 aromatic rings. The standard InChI is InChI=1S/C13H24N2O4.ClH/c1-4-18-8-7-15-6-5-14-11(13(15)17)9-12(16)19-10(2)3;/h10-11,14H,4-9H2,1-3H3;1H. The summed E-state index contributed by atoms with van der Waals surface area (Å²) >= 11 is 0. The number of hydrogen-bond acceptors (Lipinski definition) is 5. The number of nitrogens with zero attached hydrogens (tertiary/aromatic N) is 1. The second-order valence-electron chi connectivity index (χ2n) is 4.77. The molecule has 118 valence electrons. The third-order valence-electron chi connectivity index (χ3n) is 2.83. The Morgan fingerprint density at radius 1 is 1.50 bits per heavy atom. The molecule has 1 saturated heterocycles. The van der Waals surface area contributed by atoms with Crippen molar-refractivity contribution in [2.24, 2.45) is 0 Å². The van der Waals surface area contributed by atoms with Crippen LogP contribution in [0.1, 0.15) is 27.2 Å². The number of carbonyl (C=O) groups is 2. The molecule has 0 bridgehead atoms. The Labute approximate surface area is 126 Å². The second kappa shape index (κ2) is 9.96. The Hall–Kier alpha value is -0.850. The first kappa shape index (κ1) is 19.1. The van der Waals surface area contributed by atoms with Gasteiger partial charge in [0, 0.05) is 26.2 Å². The van der Waals surface area contributed by atoms with Crippen LogP contribution in [-0.4, -0.2) is 61.8 Å². The molecule has 1 atom stereocenters. The molecule has 0 aromatic heterocycles. The maximum absolute atomic E-state index is 12.1. The van der Waals surface area contributed by atoms with Gasteiger partial charge in [-0.25, -0.2) is 0 Å². The largest absolute Gasteiger partial charge is 0.463 e. The van der Waals surface area contributed by atoms with Crippen LogP contribution in [0.5, 0.6) is 0 Å². The summed E-state index contributed by atoms with van der Waals surface area (Å²) in [5.41, 5.74) is 0. The quantitative estimate of drug-likeness (QED) is 0.551. The molecule has 1 aliphatic heterocycles. The fraction of sp³-hybridized carbons (Fsp3) is 0.846. The summed E-state index contributed by atoms with van der Waals surface area (Å²) in [4.78, 5) is 25.5. The van der Waals surface area contributed by atoms with E-state index < -0.39 is 6.04 Å². The lowest BCUT2D eigenvalue weighted by atomic mass is 10.1. The molecule has 0 aromatic carbocycles. The van der Waals surface area contributed by atoms with Gasteiger partial charge in [0.05, 0.1) is 25.2 Å². The van der Waals surface area contributed by atoms with Gasteiger partial charge >= 0.3 is 5.97 Å². The lowest BCUT2D eigenvalue weighted by Gasteiger charge is -2.32.